The number of unbranched alkanes of at least 4 members (excludes halogenated alkanes) is 2. The molecule has 4 aliphatic rings. The van der Waals surface area contributed by atoms with Gasteiger partial charge in [0.2, 0.25) is 12.6 Å². The third-order valence-electron chi connectivity index (χ3n) is 16.5. The Morgan fingerprint density at radius 3 is 1.27 bits per heavy atom. The Labute approximate surface area is 462 Å². The number of benzene rings is 4. The predicted molar refractivity (Wildman–Crippen MR) is 293 cm³/mol. The first-order chi connectivity index (χ1) is 38.2. The molecule has 4 saturated heterocycles. The molecule has 10 N–H and O–H groups in total. The maximum Gasteiger partial charge on any atom is 0.307 e. The Morgan fingerprint density at radius 1 is 0.481 bits per heavy atom. The smallest absolute Gasteiger partial charge is 0.307 e. The van der Waals surface area contributed by atoms with E-state index in [4.69, 9.17) is 18.9 Å². The Morgan fingerprint density at radius 2 is 0.886 bits per heavy atom. The van der Waals surface area contributed by atoms with E-state index in [2.05, 4.69) is 9.80 Å². The summed E-state index contributed by atoms with van der Waals surface area (Å²) in [6, 6.07) is 25.9. The summed E-state index contributed by atoms with van der Waals surface area (Å²) in [5.74, 6) is 0.354. The fourth-order valence-electron chi connectivity index (χ4n) is 11.8. The van der Waals surface area contributed by atoms with Gasteiger partial charge in [-0.3, -0.25) is 9.59 Å². The fraction of sp³-hybridized carbons (Fsp3) is 0.574. The third-order valence-corrected chi connectivity index (χ3v) is 16.5. The molecule has 0 radical (unpaired) electrons. The number of aliphatic hydroxyl groups excluding tert-OH is 8. The first-order valence-electron chi connectivity index (χ1n) is 28.4. The normalized spacial score (nSPS) is 26.5. The van der Waals surface area contributed by atoms with Gasteiger partial charge in [-0.2, -0.15) is 0 Å². The van der Waals surface area contributed by atoms with Crippen LogP contribution in [0.25, 0.3) is 22.3 Å². The molecule has 79 heavy (non-hydrogen) atoms. The number of carboxylic acids is 2. The molecule has 18 heteroatoms. The molecule has 10 atom stereocenters. The van der Waals surface area contributed by atoms with Gasteiger partial charge < -0.3 is 79.8 Å². The second kappa shape index (κ2) is 29.1. The maximum atomic E-state index is 11.5. The SMILES string of the molecule is O=C(O)Cc1cccc(-c2cc(CCCCN3CCC(CCCC4CCN(CCCCc5ccc(O[C@H]6O[C@H](CO)[C@@H](O)[C@H](O)[C@@H]6O)c(-c6cccc(CC(=O)O)c6)c5)CC4)CC3)ccc2O[C@H]2O[C@H](CO)[C@@H](O)[C@H](O)[C@@H]2O)c1. The number of aliphatic carboxylic acids is 2. The number of carbonyl (C=O) groups is 2. The van der Waals surface area contributed by atoms with Crippen LogP contribution < -0.4 is 9.47 Å². The van der Waals surface area contributed by atoms with Crippen molar-refractivity contribution in [1.29, 1.82) is 0 Å². The molecule has 4 aromatic rings. The van der Waals surface area contributed by atoms with Crippen LogP contribution in [0.5, 0.6) is 11.5 Å². The van der Waals surface area contributed by atoms with Gasteiger partial charge in [0.25, 0.3) is 0 Å². The van der Waals surface area contributed by atoms with Crippen LogP contribution in [0, 0.1) is 11.8 Å². The van der Waals surface area contributed by atoms with Gasteiger partial charge in [0, 0.05) is 11.1 Å². The summed E-state index contributed by atoms with van der Waals surface area (Å²) >= 11 is 0. The molecule has 4 aliphatic heterocycles. The van der Waals surface area contributed by atoms with Gasteiger partial charge in [-0.05, 0) is 173 Å². The van der Waals surface area contributed by atoms with Gasteiger partial charge in [0.1, 0.15) is 60.3 Å². The van der Waals surface area contributed by atoms with E-state index < -0.39 is 86.6 Å². The summed E-state index contributed by atoms with van der Waals surface area (Å²) in [6.45, 7) is 5.42. The van der Waals surface area contributed by atoms with Crippen molar-refractivity contribution in [2.24, 2.45) is 11.8 Å². The van der Waals surface area contributed by atoms with Gasteiger partial charge >= 0.3 is 11.9 Å². The highest BCUT2D eigenvalue weighted by Crippen LogP contribution is 2.37. The van der Waals surface area contributed by atoms with Crippen LogP contribution >= 0.6 is 0 Å². The lowest BCUT2D eigenvalue weighted by atomic mass is 9.86. The van der Waals surface area contributed by atoms with Crippen LogP contribution in [0.3, 0.4) is 0 Å². The fourth-order valence-corrected chi connectivity index (χ4v) is 11.8. The van der Waals surface area contributed by atoms with Gasteiger partial charge in [0.05, 0.1) is 26.1 Å². The summed E-state index contributed by atoms with van der Waals surface area (Å²) in [6.07, 6.45) is -0.0910. The van der Waals surface area contributed by atoms with E-state index >= 15 is 0 Å². The molecule has 0 bridgehead atoms. The number of piperidine rings is 2. The molecule has 4 aromatic carbocycles. The number of aliphatic hydroxyl groups is 8. The summed E-state index contributed by atoms with van der Waals surface area (Å²) in [5, 5.41) is 101. The number of carboxylic acid groups (broad SMARTS) is 2. The van der Waals surface area contributed by atoms with E-state index in [9.17, 15) is 60.7 Å². The molecule has 0 aromatic heterocycles. The number of ether oxygens (including phenoxy) is 4. The van der Waals surface area contributed by atoms with Crippen molar-refractivity contribution in [3.8, 4) is 33.8 Å². The van der Waals surface area contributed by atoms with Gasteiger partial charge in [0.15, 0.2) is 0 Å². The van der Waals surface area contributed by atoms with Crippen molar-refractivity contribution in [2.45, 2.75) is 158 Å². The summed E-state index contributed by atoms with van der Waals surface area (Å²) in [7, 11) is 0. The molecule has 432 valence electrons. The first-order valence-corrected chi connectivity index (χ1v) is 28.4. The van der Waals surface area contributed by atoms with Crippen molar-refractivity contribution in [3.63, 3.8) is 0 Å². The van der Waals surface area contributed by atoms with Crippen LogP contribution in [0.2, 0.25) is 0 Å². The largest absolute Gasteiger partial charge is 0.481 e. The number of aryl methyl sites for hydroxylation is 2. The molecule has 0 saturated carbocycles. The molecule has 0 spiro atoms. The van der Waals surface area contributed by atoms with E-state index in [-0.39, 0.29) is 12.8 Å². The summed E-state index contributed by atoms with van der Waals surface area (Å²) in [5.41, 5.74) is 6.18. The molecular weight excluding hydrogens is 1020 g/mol. The van der Waals surface area contributed by atoms with E-state index in [1.807, 2.05) is 36.4 Å². The second-order valence-electron chi connectivity index (χ2n) is 22.2. The standard InChI is InChI=1S/C61H82N2O16/c64-36-50-54(70)56(72)58(74)60(78-50)76-48-18-16-40(32-46(48)44-14-6-12-42(30-44)34-52(66)67)8-1-3-24-62-26-20-38(21-27-62)10-5-11-39-22-28-63(29-23-39)25-4-2-9-41-17-19-49(77-61-59(75)57(73)55(71)51(37-65)79-61)47(33-41)45-15-7-13-43(31-45)35-53(68)69/h6-7,12-19,30-33,38-39,50-51,54-61,64-65,70-75H,1-5,8-11,20-29,34-37H2,(H,66,67)(H,68,69)/t50-,51-,54-,55-,56+,57+,58+,59+,60+,61+/m1/s1. The van der Waals surface area contributed by atoms with Crippen LogP contribution in [-0.4, -0.2) is 187 Å². The van der Waals surface area contributed by atoms with Crippen LogP contribution in [0.4, 0.5) is 0 Å². The summed E-state index contributed by atoms with van der Waals surface area (Å²) in [4.78, 5) is 28.2. The molecule has 4 heterocycles. The predicted octanol–water partition coefficient (Wildman–Crippen LogP) is 4.57. The van der Waals surface area contributed by atoms with Crippen molar-refractivity contribution in [3.05, 3.63) is 107 Å². The second-order valence-corrected chi connectivity index (χ2v) is 22.2. The number of nitrogens with zero attached hydrogens (tertiary/aromatic N) is 2. The molecule has 8 rings (SSSR count). The van der Waals surface area contributed by atoms with Gasteiger partial charge in [-0.15, -0.1) is 0 Å². The maximum absolute atomic E-state index is 11.5. The average molecular weight is 1100 g/mol. The minimum atomic E-state index is -1.59. The minimum Gasteiger partial charge on any atom is -0.481 e. The van der Waals surface area contributed by atoms with Crippen molar-refractivity contribution >= 4 is 11.9 Å². The monoisotopic (exact) mass is 1100 g/mol. The van der Waals surface area contributed by atoms with Crippen molar-refractivity contribution < 1.29 is 79.6 Å². The highest BCUT2D eigenvalue weighted by molar-refractivity contribution is 5.76. The Kier molecular flexibility index (Phi) is 22.1. The van der Waals surface area contributed by atoms with E-state index in [1.165, 1.54) is 44.9 Å². The van der Waals surface area contributed by atoms with Gasteiger partial charge in [-0.1, -0.05) is 79.9 Å². The zero-order chi connectivity index (χ0) is 56.0. The quantitative estimate of drug-likeness (QED) is 0.0386. The van der Waals surface area contributed by atoms with E-state index in [1.54, 1.807) is 48.5 Å². The van der Waals surface area contributed by atoms with Crippen molar-refractivity contribution in [1.82, 2.24) is 9.80 Å². The Balaban J connectivity index is 0.730. The highest BCUT2D eigenvalue weighted by atomic mass is 16.7. The van der Waals surface area contributed by atoms with E-state index in [0.29, 0.717) is 33.8 Å². The highest BCUT2D eigenvalue weighted by Gasteiger charge is 2.46. The average Bonchev–Trinajstić information content (AvgIpc) is 3.51. The first kappa shape index (κ1) is 60.0. The minimum absolute atomic E-state index is 0.149. The number of hydrogen-bond donors (Lipinski definition) is 10. The molecule has 18 nitrogen and oxygen atoms in total. The molecular formula is C61H82N2O16. The van der Waals surface area contributed by atoms with Crippen molar-refractivity contribution in [2.75, 3.05) is 52.5 Å². The third kappa shape index (κ3) is 16.5. The number of rotatable bonds is 26. The van der Waals surface area contributed by atoms with Gasteiger partial charge in [-0.25, -0.2) is 0 Å². The van der Waals surface area contributed by atoms with Crippen LogP contribution in [0.15, 0.2) is 84.9 Å². The number of hydrogen-bond acceptors (Lipinski definition) is 16. The molecule has 0 amide bonds. The molecule has 0 aliphatic carbocycles. The van der Waals surface area contributed by atoms with Crippen LogP contribution in [-0.2, 0) is 44.7 Å². The Hall–Kier alpha value is -5.06. The Bertz CT molecular complexity index is 2390. The van der Waals surface area contributed by atoms with E-state index in [0.717, 1.165) is 112 Å². The summed E-state index contributed by atoms with van der Waals surface area (Å²) < 4.78 is 23.5. The lowest BCUT2D eigenvalue weighted by molar-refractivity contribution is -0.277. The lowest BCUT2D eigenvalue weighted by Crippen LogP contribution is -2.60. The zero-order valence-electron chi connectivity index (χ0n) is 45.1. The topological polar surface area (TPSA) is 280 Å². The van der Waals surface area contributed by atoms with Crippen LogP contribution in [0.1, 0.15) is 92.9 Å². The molecule has 4 fully saturated rings. The zero-order valence-corrected chi connectivity index (χ0v) is 45.1. The molecule has 0 unspecified atom stereocenters. The number of likely N-dealkylation sites (tertiary alicyclic amines) is 2. The lowest BCUT2D eigenvalue weighted by Gasteiger charge is -2.39.